The molecule has 1 rings (SSSR count). The highest BCUT2D eigenvalue weighted by atomic mass is 19.1. The molecule has 0 saturated carbocycles. The summed E-state index contributed by atoms with van der Waals surface area (Å²) >= 11 is 0. The lowest BCUT2D eigenvalue weighted by atomic mass is 10.0. The van der Waals surface area contributed by atoms with Crippen LogP contribution in [-0.2, 0) is 14.3 Å². The molecule has 1 saturated heterocycles. The van der Waals surface area contributed by atoms with Crippen molar-refractivity contribution in [2.75, 3.05) is 6.67 Å². The van der Waals surface area contributed by atoms with Crippen molar-refractivity contribution in [2.45, 2.75) is 12.8 Å². The molecule has 0 aromatic carbocycles. The normalized spacial score (nSPS) is 20.9. The van der Waals surface area contributed by atoms with Crippen molar-refractivity contribution in [3.8, 4) is 0 Å². The Labute approximate surface area is 57.2 Å². The Morgan fingerprint density at radius 2 is 1.90 bits per heavy atom. The zero-order valence-electron chi connectivity index (χ0n) is 5.30. The zero-order chi connectivity index (χ0) is 7.56. The number of ether oxygens (including phenoxy) is 1. The molecule has 0 bridgehead atoms. The van der Waals surface area contributed by atoms with Gasteiger partial charge in [-0.25, -0.2) is 0 Å². The molecular weight excluding hydrogens is 139 g/mol. The molecule has 1 aliphatic heterocycles. The van der Waals surface area contributed by atoms with Crippen LogP contribution in [0.1, 0.15) is 12.8 Å². The van der Waals surface area contributed by atoms with Crippen molar-refractivity contribution in [1.82, 2.24) is 0 Å². The SMILES string of the molecule is O=C1CC(CF)CC(=O)O1. The third-order valence-electron chi connectivity index (χ3n) is 1.36. The zero-order valence-corrected chi connectivity index (χ0v) is 5.30. The highest BCUT2D eigenvalue weighted by Gasteiger charge is 2.26. The quantitative estimate of drug-likeness (QED) is 0.398. The largest absolute Gasteiger partial charge is 0.393 e. The molecule has 0 spiro atoms. The lowest BCUT2D eigenvalue weighted by molar-refractivity contribution is -0.165. The summed E-state index contributed by atoms with van der Waals surface area (Å²) in [7, 11) is 0. The second kappa shape index (κ2) is 2.77. The van der Waals surface area contributed by atoms with Gasteiger partial charge in [0.25, 0.3) is 0 Å². The van der Waals surface area contributed by atoms with Crippen LogP contribution in [0.4, 0.5) is 4.39 Å². The van der Waals surface area contributed by atoms with Gasteiger partial charge in [0.1, 0.15) is 0 Å². The first-order valence-electron chi connectivity index (χ1n) is 3.02. The van der Waals surface area contributed by atoms with Crippen LogP contribution in [0.15, 0.2) is 0 Å². The second-order valence-corrected chi connectivity index (χ2v) is 2.27. The molecule has 10 heavy (non-hydrogen) atoms. The molecule has 1 aliphatic rings. The minimum absolute atomic E-state index is 0.0300. The maximum absolute atomic E-state index is 11.9. The Balaban J connectivity index is 2.50. The van der Waals surface area contributed by atoms with Crippen LogP contribution in [0.3, 0.4) is 0 Å². The van der Waals surface area contributed by atoms with Gasteiger partial charge in [0, 0.05) is 5.92 Å². The van der Waals surface area contributed by atoms with Gasteiger partial charge >= 0.3 is 11.9 Å². The number of carbonyl (C=O) groups excluding carboxylic acids is 2. The van der Waals surface area contributed by atoms with E-state index in [-0.39, 0.29) is 12.8 Å². The number of alkyl halides is 1. The van der Waals surface area contributed by atoms with Gasteiger partial charge in [0.2, 0.25) is 0 Å². The first-order valence-corrected chi connectivity index (χ1v) is 3.02. The van der Waals surface area contributed by atoms with Crippen molar-refractivity contribution < 1.29 is 18.7 Å². The van der Waals surface area contributed by atoms with Crippen molar-refractivity contribution in [2.24, 2.45) is 5.92 Å². The summed E-state index contributed by atoms with van der Waals surface area (Å²) in [6.45, 7) is -0.624. The van der Waals surface area contributed by atoms with Crippen molar-refractivity contribution >= 4 is 11.9 Å². The molecule has 0 unspecified atom stereocenters. The molecule has 0 aromatic heterocycles. The van der Waals surface area contributed by atoms with E-state index in [2.05, 4.69) is 4.74 Å². The van der Waals surface area contributed by atoms with E-state index in [0.717, 1.165) is 0 Å². The minimum Gasteiger partial charge on any atom is -0.393 e. The Morgan fingerprint density at radius 3 is 2.30 bits per heavy atom. The number of carbonyl (C=O) groups is 2. The van der Waals surface area contributed by atoms with Crippen LogP contribution in [0.2, 0.25) is 0 Å². The molecule has 4 heteroatoms. The first kappa shape index (κ1) is 7.18. The van der Waals surface area contributed by atoms with Crippen LogP contribution in [0, 0.1) is 5.92 Å². The number of cyclic esters (lactones) is 2. The molecule has 0 amide bonds. The summed E-state index contributed by atoms with van der Waals surface area (Å²) in [5, 5.41) is 0. The van der Waals surface area contributed by atoms with Crippen LogP contribution in [-0.4, -0.2) is 18.6 Å². The molecule has 0 atom stereocenters. The molecule has 0 aliphatic carbocycles. The molecule has 1 fully saturated rings. The minimum atomic E-state index is -0.624. The number of rotatable bonds is 1. The van der Waals surface area contributed by atoms with E-state index >= 15 is 0 Å². The molecule has 3 nitrogen and oxygen atoms in total. The standard InChI is InChI=1S/C6H7FO3/c7-3-4-1-5(8)10-6(9)2-4/h4H,1-3H2. The van der Waals surface area contributed by atoms with E-state index < -0.39 is 24.5 Å². The summed E-state index contributed by atoms with van der Waals surface area (Å²) < 4.78 is 16.0. The third-order valence-corrected chi connectivity index (χ3v) is 1.36. The van der Waals surface area contributed by atoms with Gasteiger partial charge in [-0.2, -0.15) is 0 Å². The summed E-state index contributed by atoms with van der Waals surface area (Å²) in [4.78, 5) is 20.9. The average Bonchev–Trinajstić information content (AvgIpc) is 1.85. The summed E-state index contributed by atoms with van der Waals surface area (Å²) in [6.07, 6.45) is 0.0600. The molecular formula is C6H7FO3. The Hall–Kier alpha value is -0.930. The predicted molar refractivity (Wildman–Crippen MR) is 29.8 cm³/mol. The van der Waals surface area contributed by atoms with Crippen molar-refractivity contribution in [3.05, 3.63) is 0 Å². The van der Waals surface area contributed by atoms with E-state index in [9.17, 15) is 14.0 Å². The van der Waals surface area contributed by atoms with Crippen molar-refractivity contribution in [3.63, 3.8) is 0 Å². The Morgan fingerprint density at radius 1 is 1.40 bits per heavy atom. The van der Waals surface area contributed by atoms with Gasteiger partial charge in [-0.1, -0.05) is 0 Å². The monoisotopic (exact) mass is 146 g/mol. The highest BCUT2D eigenvalue weighted by molar-refractivity contribution is 5.88. The second-order valence-electron chi connectivity index (χ2n) is 2.27. The Bertz CT molecular complexity index is 150. The van der Waals surface area contributed by atoms with E-state index in [1.165, 1.54) is 0 Å². The fraction of sp³-hybridized carbons (Fsp3) is 0.667. The molecule has 0 radical (unpaired) electrons. The lowest BCUT2D eigenvalue weighted by Gasteiger charge is -2.15. The van der Waals surface area contributed by atoms with Gasteiger partial charge in [-0.05, 0) is 0 Å². The number of hydrogen-bond acceptors (Lipinski definition) is 3. The summed E-state index contributed by atoms with van der Waals surface area (Å²) in [5.74, 6) is -1.67. The number of esters is 2. The third kappa shape index (κ3) is 1.52. The van der Waals surface area contributed by atoms with Gasteiger partial charge in [-0.15, -0.1) is 0 Å². The fourth-order valence-electron chi connectivity index (χ4n) is 0.863. The first-order chi connectivity index (χ1) is 4.72. The van der Waals surface area contributed by atoms with Gasteiger partial charge < -0.3 is 4.74 Å². The number of hydrogen-bond donors (Lipinski definition) is 0. The summed E-state index contributed by atoms with van der Waals surface area (Å²) in [5.41, 5.74) is 0. The van der Waals surface area contributed by atoms with Crippen LogP contribution in [0.25, 0.3) is 0 Å². The number of halogens is 1. The molecule has 1 heterocycles. The van der Waals surface area contributed by atoms with Crippen LogP contribution >= 0.6 is 0 Å². The summed E-state index contributed by atoms with van der Waals surface area (Å²) in [6, 6.07) is 0. The van der Waals surface area contributed by atoms with Crippen LogP contribution < -0.4 is 0 Å². The molecule has 0 aromatic rings. The maximum atomic E-state index is 11.9. The van der Waals surface area contributed by atoms with E-state index in [0.29, 0.717) is 0 Å². The van der Waals surface area contributed by atoms with Gasteiger partial charge in [0.05, 0.1) is 19.5 Å². The highest BCUT2D eigenvalue weighted by Crippen LogP contribution is 2.16. The van der Waals surface area contributed by atoms with Crippen molar-refractivity contribution in [1.29, 1.82) is 0 Å². The lowest BCUT2D eigenvalue weighted by Crippen LogP contribution is -2.26. The topological polar surface area (TPSA) is 43.4 Å². The van der Waals surface area contributed by atoms with E-state index in [1.54, 1.807) is 0 Å². The predicted octanol–water partition coefficient (Wildman–Crippen LogP) is 0.436. The average molecular weight is 146 g/mol. The van der Waals surface area contributed by atoms with Gasteiger partial charge in [-0.3, -0.25) is 14.0 Å². The molecule has 0 N–H and O–H groups in total. The van der Waals surface area contributed by atoms with E-state index in [1.807, 2.05) is 0 Å². The smallest absolute Gasteiger partial charge is 0.313 e. The maximum Gasteiger partial charge on any atom is 0.313 e. The Kier molecular flexibility index (Phi) is 1.99. The van der Waals surface area contributed by atoms with Gasteiger partial charge in [0.15, 0.2) is 0 Å². The van der Waals surface area contributed by atoms with Crippen LogP contribution in [0.5, 0.6) is 0 Å². The molecule has 56 valence electrons. The fourth-order valence-corrected chi connectivity index (χ4v) is 0.863. The van der Waals surface area contributed by atoms with E-state index in [4.69, 9.17) is 0 Å².